The van der Waals surface area contributed by atoms with Gasteiger partial charge in [0.2, 0.25) is 0 Å². The highest BCUT2D eigenvalue weighted by molar-refractivity contribution is 6.30. The number of carbonyl (C=O) groups is 1. The van der Waals surface area contributed by atoms with E-state index in [4.69, 9.17) is 16.3 Å². The fourth-order valence-electron chi connectivity index (χ4n) is 2.52. The van der Waals surface area contributed by atoms with E-state index in [1.54, 1.807) is 49.5 Å². The molecule has 2 aromatic heterocycles. The van der Waals surface area contributed by atoms with E-state index in [0.29, 0.717) is 10.5 Å². The molecule has 7 heteroatoms. The second-order valence-electron chi connectivity index (χ2n) is 5.17. The van der Waals surface area contributed by atoms with E-state index in [0.717, 1.165) is 5.56 Å². The normalized spacial score (nSPS) is 10.9. The van der Waals surface area contributed by atoms with Crippen LogP contribution in [0.3, 0.4) is 0 Å². The molecule has 0 atom stereocenters. The molecule has 0 bridgehead atoms. The maximum Gasteiger partial charge on any atom is 0.347 e. The zero-order valence-electron chi connectivity index (χ0n) is 12.9. The number of aromatic hydroxyl groups is 1. The van der Waals surface area contributed by atoms with Gasteiger partial charge in [0.15, 0.2) is 11.3 Å². The van der Waals surface area contributed by atoms with Crippen LogP contribution in [0.4, 0.5) is 0 Å². The Kier molecular flexibility index (Phi) is 4.31. The van der Waals surface area contributed by atoms with Crippen LogP contribution in [0.15, 0.2) is 47.4 Å². The molecule has 2 heterocycles. The lowest BCUT2D eigenvalue weighted by molar-refractivity contribution is 0.0519. The number of nitrogens with zero attached hydrogens (tertiary/aromatic N) is 2. The number of carbonyl (C=O) groups excluding carboxylic acids is 1. The highest BCUT2D eigenvalue weighted by atomic mass is 35.5. The van der Waals surface area contributed by atoms with Crippen molar-refractivity contribution < 1.29 is 14.6 Å². The van der Waals surface area contributed by atoms with Crippen LogP contribution < -0.4 is 5.56 Å². The Bertz CT molecular complexity index is 957. The van der Waals surface area contributed by atoms with Gasteiger partial charge in [0.05, 0.1) is 13.2 Å². The van der Waals surface area contributed by atoms with Gasteiger partial charge in [-0.1, -0.05) is 23.7 Å². The minimum atomic E-state index is -0.839. The van der Waals surface area contributed by atoms with Crippen molar-refractivity contribution in [1.29, 1.82) is 0 Å². The Labute approximate surface area is 142 Å². The monoisotopic (exact) mass is 346 g/mol. The topological polar surface area (TPSA) is 72.9 Å². The molecule has 1 N–H and O–H groups in total. The molecule has 0 fully saturated rings. The minimum Gasteiger partial charge on any atom is -0.505 e. The first-order valence-electron chi connectivity index (χ1n) is 7.37. The Morgan fingerprint density at radius 1 is 1.25 bits per heavy atom. The summed E-state index contributed by atoms with van der Waals surface area (Å²) in [5.41, 5.74) is 0.199. The van der Waals surface area contributed by atoms with E-state index in [-0.39, 0.29) is 24.5 Å². The number of aromatic nitrogens is 2. The molecule has 3 aromatic rings. The molecule has 0 unspecified atom stereocenters. The van der Waals surface area contributed by atoms with Crippen molar-refractivity contribution in [3.05, 3.63) is 69.1 Å². The molecule has 0 aliphatic heterocycles. The van der Waals surface area contributed by atoms with Crippen molar-refractivity contribution in [3.63, 3.8) is 0 Å². The first-order chi connectivity index (χ1) is 11.5. The zero-order valence-corrected chi connectivity index (χ0v) is 13.7. The minimum absolute atomic E-state index is 0.112. The van der Waals surface area contributed by atoms with Crippen molar-refractivity contribution in [2.45, 2.75) is 13.5 Å². The van der Waals surface area contributed by atoms with Gasteiger partial charge in [-0.2, -0.15) is 0 Å². The summed E-state index contributed by atoms with van der Waals surface area (Å²) < 4.78 is 7.77. The van der Waals surface area contributed by atoms with Gasteiger partial charge in [0.1, 0.15) is 5.52 Å². The molecular formula is C17H15ClN2O4. The van der Waals surface area contributed by atoms with Crippen molar-refractivity contribution >= 4 is 23.1 Å². The zero-order chi connectivity index (χ0) is 17.3. The molecule has 6 nitrogen and oxygen atoms in total. The van der Waals surface area contributed by atoms with Crippen LogP contribution in [0.1, 0.15) is 22.8 Å². The highest BCUT2D eigenvalue weighted by Crippen LogP contribution is 2.22. The second-order valence-corrected chi connectivity index (χ2v) is 5.61. The molecule has 0 radical (unpaired) electrons. The number of hydrogen-bond donors (Lipinski definition) is 1. The number of fused-ring (bicyclic) bond motifs is 1. The van der Waals surface area contributed by atoms with Gasteiger partial charge in [-0.15, -0.1) is 0 Å². The standard InChI is InChI=1S/C17H15ClN2O4/c1-2-24-17(23)14-15(21)13-4-3-9-19(13)20(16(14)22)10-11-5-7-12(18)8-6-11/h3-9,21H,2,10H2,1H3. The number of halogens is 1. The maximum atomic E-state index is 12.7. The van der Waals surface area contributed by atoms with Crippen molar-refractivity contribution in [2.24, 2.45) is 0 Å². The quantitative estimate of drug-likeness (QED) is 0.737. The summed E-state index contributed by atoms with van der Waals surface area (Å²) in [4.78, 5) is 24.8. The van der Waals surface area contributed by atoms with Gasteiger partial charge >= 0.3 is 5.97 Å². The molecule has 3 rings (SSSR count). The lowest BCUT2D eigenvalue weighted by Gasteiger charge is -2.14. The summed E-state index contributed by atoms with van der Waals surface area (Å²) in [6.07, 6.45) is 1.64. The first-order valence-corrected chi connectivity index (χ1v) is 7.75. The third-order valence-electron chi connectivity index (χ3n) is 3.64. The fourth-order valence-corrected chi connectivity index (χ4v) is 2.65. The Morgan fingerprint density at radius 3 is 2.62 bits per heavy atom. The summed E-state index contributed by atoms with van der Waals surface area (Å²) in [5, 5.41) is 10.9. The lowest BCUT2D eigenvalue weighted by atomic mass is 10.2. The van der Waals surface area contributed by atoms with Gasteiger partial charge in [-0.05, 0) is 36.8 Å². The average Bonchev–Trinajstić information content (AvgIpc) is 3.03. The van der Waals surface area contributed by atoms with Crippen LogP contribution in [0, 0.1) is 0 Å². The van der Waals surface area contributed by atoms with E-state index >= 15 is 0 Å². The first kappa shape index (κ1) is 16.1. The summed E-state index contributed by atoms with van der Waals surface area (Å²) >= 11 is 5.88. The number of esters is 1. The summed E-state index contributed by atoms with van der Waals surface area (Å²) in [6, 6.07) is 10.3. The Hall–Kier alpha value is -2.73. The van der Waals surface area contributed by atoms with Gasteiger partial charge in [0, 0.05) is 11.2 Å². The number of hydrogen-bond acceptors (Lipinski definition) is 4. The van der Waals surface area contributed by atoms with Crippen LogP contribution in [0.5, 0.6) is 5.75 Å². The largest absolute Gasteiger partial charge is 0.505 e. The van der Waals surface area contributed by atoms with Crippen LogP contribution in [0.25, 0.3) is 5.52 Å². The number of rotatable bonds is 4. The highest BCUT2D eigenvalue weighted by Gasteiger charge is 2.23. The molecule has 0 spiro atoms. The van der Waals surface area contributed by atoms with E-state index in [2.05, 4.69) is 0 Å². The predicted molar refractivity (Wildman–Crippen MR) is 89.8 cm³/mol. The van der Waals surface area contributed by atoms with Gasteiger partial charge in [0.25, 0.3) is 5.56 Å². The Balaban J connectivity index is 2.19. The molecule has 1 aromatic carbocycles. The van der Waals surface area contributed by atoms with Gasteiger partial charge < -0.3 is 9.84 Å². The SMILES string of the molecule is CCOC(=O)c1c(O)c2cccn2n(Cc2ccc(Cl)cc2)c1=O. The maximum absolute atomic E-state index is 12.7. The molecule has 0 saturated carbocycles. The lowest BCUT2D eigenvalue weighted by Crippen LogP contribution is -2.32. The smallest absolute Gasteiger partial charge is 0.347 e. The molecule has 0 aliphatic rings. The predicted octanol–water partition coefficient (Wildman–Crippen LogP) is 2.69. The summed E-state index contributed by atoms with van der Waals surface area (Å²) in [5.74, 6) is -1.22. The third-order valence-corrected chi connectivity index (χ3v) is 3.89. The van der Waals surface area contributed by atoms with E-state index in [1.165, 1.54) is 9.20 Å². The molecule has 124 valence electrons. The molecule has 0 saturated heterocycles. The average molecular weight is 347 g/mol. The summed E-state index contributed by atoms with van der Waals surface area (Å²) in [6.45, 7) is 1.96. The van der Waals surface area contributed by atoms with Crippen LogP contribution >= 0.6 is 11.6 Å². The second kappa shape index (κ2) is 6.41. The van der Waals surface area contributed by atoms with Gasteiger partial charge in [-0.25, -0.2) is 9.48 Å². The fraction of sp³-hybridized carbons (Fsp3) is 0.176. The van der Waals surface area contributed by atoms with Crippen molar-refractivity contribution in [2.75, 3.05) is 6.61 Å². The Morgan fingerprint density at radius 2 is 1.96 bits per heavy atom. The number of benzene rings is 1. The van der Waals surface area contributed by atoms with Crippen LogP contribution in [-0.4, -0.2) is 26.9 Å². The van der Waals surface area contributed by atoms with Crippen molar-refractivity contribution in [1.82, 2.24) is 9.20 Å². The van der Waals surface area contributed by atoms with Crippen LogP contribution in [0.2, 0.25) is 5.02 Å². The van der Waals surface area contributed by atoms with E-state index < -0.39 is 11.5 Å². The van der Waals surface area contributed by atoms with Crippen LogP contribution in [-0.2, 0) is 11.3 Å². The third kappa shape index (κ3) is 2.76. The molecule has 0 amide bonds. The number of ether oxygens (including phenoxy) is 1. The molecule has 24 heavy (non-hydrogen) atoms. The van der Waals surface area contributed by atoms with Gasteiger partial charge in [-0.3, -0.25) is 9.31 Å². The van der Waals surface area contributed by atoms with Crippen molar-refractivity contribution in [3.8, 4) is 5.75 Å². The summed E-state index contributed by atoms with van der Waals surface area (Å²) in [7, 11) is 0. The van der Waals surface area contributed by atoms with E-state index in [9.17, 15) is 14.7 Å². The molecule has 0 aliphatic carbocycles. The molecular weight excluding hydrogens is 332 g/mol. The van der Waals surface area contributed by atoms with E-state index in [1.807, 2.05) is 0 Å².